The number of ether oxygens (including phenoxy) is 1. The van der Waals surface area contributed by atoms with Gasteiger partial charge in [0.05, 0.1) is 22.9 Å². The van der Waals surface area contributed by atoms with Crippen LogP contribution in [0.25, 0.3) is 12.2 Å². The number of nitrogens with zero attached hydrogens (tertiary/aromatic N) is 1. The van der Waals surface area contributed by atoms with E-state index in [0.29, 0.717) is 25.0 Å². The molecule has 1 fully saturated rings. The van der Waals surface area contributed by atoms with E-state index >= 15 is 0 Å². The van der Waals surface area contributed by atoms with Crippen molar-refractivity contribution in [1.82, 2.24) is 10.9 Å². The summed E-state index contributed by atoms with van der Waals surface area (Å²) in [5.74, 6) is -2.82. The minimum absolute atomic E-state index is 0.0199. The van der Waals surface area contributed by atoms with Crippen molar-refractivity contribution in [3.8, 4) is 0 Å². The normalized spacial score (nSPS) is 16.7. The van der Waals surface area contributed by atoms with Crippen molar-refractivity contribution in [3.05, 3.63) is 114 Å². The number of allylic oxidation sites excluding steroid dienone is 1. The summed E-state index contributed by atoms with van der Waals surface area (Å²) in [6, 6.07) is 27.0. The van der Waals surface area contributed by atoms with Crippen LogP contribution in [0.15, 0.2) is 102 Å². The Morgan fingerprint density at radius 2 is 1.48 bits per heavy atom. The number of hydrogen-bond donors (Lipinski definition) is 2. The summed E-state index contributed by atoms with van der Waals surface area (Å²) in [5.41, 5.74) is 7.08. The molecule has 1 saturated heterocycles. The van der Waals surface area contributed by atoms with Crippen molar-refractivity contribution in [3.63, 3.8) is 0 Å². The van der Waals surface area contributed by atoms with Crippen LogP contribution in [0, 0.1) is 17.8 Å². The van der Waals surface area contributed by atoms with E-state index in [1.807, 2.05) is 62.4 Å². The largest absolute Gasteiger partial charge is 0.350 e. The van der Waals surface area contributed by atoms with Crippen molar-refractivity contribution >= 4 is 39.7 Å². The quantitative estimate of drug-likeness (QED) is 0.183. The Morgan fingerprint density at radius 3 is 2.07 bits per heavy atom. The monoisotopic (exact) mass is 645 g/mol. The molecular formula is C36H43N3O6S. The fourth-order valence-electron chi connectivity index (χ4n) is 5.15. The molecular weight excluding hydrogens is 602 g/mol. The third kappa shape index (κ3) is 10.7. The zero-order valence-corrected chi connectivity index (χ0v) is 27.1. The number of benzene rings is 3. The Kier molecular flexibility index (Phi) is 13.1. The van der Waals surface area contributed by atoms with Gasteiger partial charge in [-0.05, 0) is 60.9 Å². The van der Waals surface area contributed by atoms with Gasteiger partial charge in [0, 0.05) is 13.0 Å². The topological polar surface area (TPSA) is 114 Å². The van der Waals surface area contributed by atoms with E-state index in [4.69, 9.17) is 9.57 Å². The first-order valence-corrected chi connectivity index (χ1v) is 17.2. The van der Waals surface area contributed by atoms with E-state index in [2.05, 4.69) is 10.9 Å². The van der Waals surface area contributed by atoms with Crippen molar-refractivity contribution in [2.24, 2.45) is 17.8 Å². The predicted molar refractivity (Wildman–Crippen MR) is 181 cm³/mol. The summed E-state index contributed by atoms with van der Waals surface area (Å²) in [5, 5.41) is 1.05. The number of amides is 2. The number of hydroxylamine groups is 1. The average molecular weight is 646 g/mol. The number of hydrogen-bond acceptors (Lipinski definition) is 6. The molecule has 9 nitrogen and oxygen atoms in total. The number of para-hydroxylation sites is 1. The summed E-state index contributed by atoms with van der Waals surface area (Å²) in [6.45, 7) is 4.45. The van der Waals surface area contributed by atoms with Crippen LogP contribution in [-0.2, 0) is 29.2 Å². The molecule has 0 radical (unpaired) electrons. The zero-order chi connectivity index (χ0) is 32.8. The van der Waals surface area contributed by atoms with Crippen LogP contribution < -0.4 is 15.3 Å². The summed E-state index contributed by atoms with van der Waals surface area (Å²) < 4.78 is 33.9. The van der Waals surface area contributed by atoms with Crippen LogP contribution >= 0.6 is 0 Å². The number of hydrazine groups is 1. The summed E-state index contributed by atoms with van der Waals surface area (Å²) in [4.78, 5) is 33.5. The smallest absolute Gasteiger partial charge is 0.275 e. The second-order valence-corrected chi connectivity index (χ2v) is 13.3. The van der Waals surface area contributed by atoms with Gasteiger partial charge in [-0.3, -0.25) is 15.0 Å². The molecule has 0 saturated carbocycles. The van der Waals surface area contributed by atoms with E-state index in [0.717, 1.165) is 28.2 Å². The lowest BCUT2D eigenvalue weighted by molar-refractivity contribution is -0.203. The minimum Gasteiger partial charge on any atom is -0.350 e. The first-order chi connectivity index (χ1) is 22.2. The molecule has 3 aromatic rings. The van der Waals surface area contributed by atoms with Gasteiger partial charge in [0.25, 0.3) is 10.0 Å². The molecule has 1 heterocycles. The molecule has 3 atom stereocenters. The molecule has 4 rings (SSSR count). The SMILES string of the molecule is CC(C)C[C@@H](C(=O)NN(c1ccccc1)S(=O)(=O)/C=C/c1ccccc1)[C@H](C/C=C/c1ccccc1)C(=O)NOC1CCCCO1. The molecule has 2 N–H and O–H groups in total. The van der Waals surface area contributed by atoms with E-state index in [1.165, 1.54) is 6.08 Å². The number of rotatable bonds is 15. The van der Waals surface area contributed by atoms with Crippen LogP contribution in [0.2, 0.25) is 0 Å². The Labute approximate surface area is 272 Å². The maximum Gasteiger partial charge on any atom is 0.275 e. The molecule has 0 aromatic heterocycles. The van der Waals surface area contributed by atoms with Crippen LogP contribution in [0.3, 0.4) is 0 Å². The Morgan fingerprint density at radius 1 is 0.870 bits per heavy atom. The number of anilines is 1. The molecule has 0 bridgehead atoms. The average Bonchev–Trinajstić information content (AvgIpc) is 3.08. The van der Waals surface area contributed by atoms with E-state index in [-0.39, 0.29) is 18.0 Å². The maximum absolute atomic E-state index is 14.2. The molecule has 2 amide bonds. The third-order valence-corrected chi connectivity index (χ3v) is 8.79. The molecule has 0 spiro atoms. The van der Waals surface area contributed by atoms with Crippen LogP contribution in [-0.4, -0.2) is 33.1 Å². The highest BCUT2D eigenvalue weighted by atomic mass is 32.2. The van der Waals surface area contributed by atoms with Gasteiger partial charge in [0.1, 0.15) is 0 Å². The van der Waals surface area contributed by atoms with Gasteiger partial charge < -0.3 is 4.74 Å². The van der Waals surface area contributed by atoms with Crippen LogP contribution in [0.1, 0.15) is 57.1 Å². The van der Waals surface area contributed by atoms with Crippen molar-refractivity contribution in [2.45, 2.75) is 52.2 Å². The molecule has 244 valence electrons. The molecule has 46 heavy (non-hydrogen) atoms. The van der Waals surface area contributed by atoms with E-state index in [1.54, 1.807) is 54.6 Å². The lowest BCUT2D eigenvalue weighted by atomic mass is 9.82. The van der Waals surface area contributed by atoms with Gasteiger partial charge in [0.15, 0.2) is 6.29 Å². The first kappa shape index (κ1) is 34.6. The number of sulfonamides is 1. The summed E-state index contributed by atoms with van der Waals surface area (Å²) in [6.07, 6.45) is 7.69. The molecule has 10 heteroatoms. The minimum atomic E-state index is -4.19. The maximum atomic E-state index is 14.2. The van der Waals surface area contributed by atoms with Gasteiger partial charge in [0.2, 0.25) is 11.8 Å². The summed E-state index contributed by atoms with van der Waals surface area (Å²) >= 11 is 0. The molecule has 1 aliphatic rings. The van der Waals surface area contributed by atoms with Gasteiger partial charge in [-0.1, -0.05) is 105 Å². The standard InChI is InChI=1S/C36H43N3O6S/c1-28(2)27-33(32(22-14-19-29-15-6-3-7-16-29)36(41)38-45-34-23-12-13-25-44-34)35(40)37-39(31-20-10-5-11-21-31)46(42,43)26-24-30-17-8-4-9-18-30/h3-11,14-21,24,26,28,32-34H,12-13,22-23,25,27H2,1-2H3,(H,37,40)(H,38,41)/b19-14+,26-24+/t32-,33+,34?/m0/s1. The van der Waals surface area contributed by atoms with Crippen molar-refractivity contribution < 1.29 is 27.6 Å². The lowest BCUT2D eigenvalue weighted by Gasteiger charge is -2.30. The summed E-state index contributed by atoms with van der Waals surface area (Å²) in [7, 11) is -4.19. The molecule has 0 aliphatic carbocycles. The Bertz CT molecular complexity index is 1540. The number of carbonyl (C=O) groups excluding carboxylic acids is 2. The van der Waals surface area contributed by atoms with E-state index in [9.17, 15) is 18.0 Å². The zero-order valence-electron chi connectivity index (χ0n) is 26.3. The fraction of sp³-hybridized carbons (Fsp3) is 0.333. The molecule has 1 unspecified atom stereocenters. The highest BCUT2D eigenvalue weighted by molar-refractivity contribution is 7.95. The molecule has 1 aliphatic heterocycles. The van der Waals surface area contributed by atoms with Crippen molar-refractivity contribution in [1.29, 1.82) is 0 Å². The Hall–Kier alpha value is -4.25. The highest BCUT2D eigenvalue weighted by Gasteiger charge is 2.36. The van der Waals surface area contributed by atoms with Gasteiger partial charge in [-0.15, -0.1) is 0 Å². The van der Waals surface area contributed by atoms with Gasteiger partial charge in [-0.25, -0.2) is 10.3 Å². The van der Waals surface area contributed by atoms with Crippen LogP contribution in [0.5, 0.6) is 0 Å². The van der Waals surface area contributed by atoms with Crippen molar-refractivity contribution in [2.75, 3.05) is 11.0 Å². The third-order valence-electron chi connectivity index (χ3n) is 7.50. The van der Waals surface area contributed by atoms with Crippen LogP contribution in [0.4, 0.5) is 5.69 Å². The highest BCUT2D eigenvalue weighted by Crippen LogP contribution is 2.27. The molecule has 3 aromatic carbocycles. The van der Waals surface area contributed by atoms with E-state index < -0.39 is 40.0 Å². The first-order valence-electron chi connectivity index (χ1n) is 15.7. The fourth-order valence-corrected chi connectivity index (χ4v) is 6.23. The van der Waals surface area contributed by atoms with Gasteiger partial charge >= 0.3 is 0 Å². The second kappa shape index (κ2) is 17.4. The Balaban J connectivity index is 1.63. The van der Waals surface area contributed by atoms with Gasteiger partial charge in [-0.2, -0.15) is 12.8 Å². The lowest BCUT2D eigenvalue weighted by Crippen LogP contribution is -2.51. The second-order valence-electron chi connectivity index (χ2n) is 11.6. The number of carbonyl (C=O) groups is 2. The number of nitrogens with one attached hydrogen (secondary N) is 2. The predicted octanol–water partition coefficient (Wildman–Crippen LogP) is 6.48.